The summed E-state index contributed by atoms with van der Waals surface area (Å²) in [7, 11) is 0. The van der Waals surface area contributed by atoms with Crippen molar-refractivity contribution < 1.29 is 24.3 Å². The van der Waals surface area contributed by atoms with Crippen molar-refractivity contribution in [1.82, 2.24) is 35.4 Å². The van der Waals surface area contributed by atoms with Crippen LogP contribution in [0.15, 0.2) is 39.6 Å². The fourth-order valence-corrected chi connectivity index (χ4v) is 6.31. The van der Waals surface area contributed by atoms with Gasteiger partial charge >= 0.3 is 5.97 Å². The molecule has 14 nitrogen and oxygen atoms in total. The smallest absolute Gasteiger partial charge is 0.352 e. The summed E-state index contributed by atoms with van der Waals surface area (Å²) in [6.45, 7) is 3.74. The molecule has 1 unspecified atom stereocenters. The molecule has 1 fully saturated rings. The lowest BCUT2D eigenvalue weighted by Crippen LogP contribution is -2.71. The van der Waals surface area contributed by atoms with Gasteiger partial charge in [0.15, 0.2) is 10.8 Å². The standard InChI is InChI=1S/C20H19N9O5S3/c1-3-5-28-20(24-26-27-28)37-8-10-7-35-17-13(16(31)29(17)14(10)18(32)33)23-15(30)12(25-34-6-4-2)11-9-36-19(21)22-11/h1,4,9,13,17H,2,5-8H2,(H2,21,22)(H,23,30)(H,32,33)/b25-12-/t13?,17-/m1/s1. The number of tetrazole rings is 1. The Balaban J connectivity index is 1.49. The SMILES string of the molecule is C#CCn1nnnc1SCC1=C(C(=O)O)N2C(=O)C(NC(=O)/C(=N\OCC=C)c3csc(N)n3)[C@H]2SC1. The Kier molecular flexibility index (Phi) is 8.11. The van der Waals surface area contributed by atoms with Crippen molar-refractivity contribution in [1.29, 1.82) is 0 Å². The summed E-state index contributed by atoms with van der Waals surface area (Å²) >= 11 is 3.65. The summed E-state index contributed by atoms with van der Waals surface area (Å²) in [6.07, 6.45) is 6.76. The molecule has 4 N–H and O–H groups in total. The number of oxime groups is 1. The second kappa shape index (κ2) is 11.5. The van der Waals surface area contributed by atoms with Crippen LogP contribution in [0.4, 0.5) is 5.13 Å². The average molecular weight is 562 g/mol. The molecule has 2 atom stereocenters. The van der Waals surface area contributed by atoms with E-state index in [4.69, 9.17) is 17.0 Å². The summed E-state index contributed by atoms with van der Waals surface area (Å²) < 4.78 is 1.42. The van der Waals surface area contributed by atoms with Crippen molar-refractivity contribution in [2.24, 2.45) is 5.16 Å². The van der Waals surface area contributed by atoms with Crippen molar-refractivity contribution >= 4 is 63.5 Å². The molecule has 2 aromatic heterocycles. The number of thiazole rings is 1. The Morgan fingerprint density at radius 3 is 3.00 bits per heavy atom. The van der Waals surface area contributed by atoms with Gasteiger partial charge in [0.25, 0.3) is 11.8 Å². The van der Waals surface area contributed by atoms with Crippen LogP contribution in [0.3, 0.4) is 0 Å². The maximum absolute atomic E-state index is 13.0. The topological polar surface area (TPSA) is 191 Å². The van der Waals surface area contributed by atoms with Crippen molar-refractivity contribution in [3.8, 4) is 12.3 Å². The molecule has 4 rings (SSSR count). The van der Waals surface area contributed by atoms with E-state index in [0.29, 0.717) is 16.5 Å². The molecule has 0 aromatic carbocycles. The Labute approximate surface area is 222 Å². The quantitative estimate of drug-likeness (QED) is 0.0623. The van der Waals surface area contributed by atoms with Crippen LogP contribution in [0.25, 0.3) is 0 Å². The number of nitrogens with one attached hydrogen (secondary N) is 1. The third-order valence-electron chi connectivity index (χ3n) is 4.98. The minimum Gasteiger partial charge on any atom is -0.477 e. The molecule has 0 radical (unpaired) electrons. The van der Waals surface area contributed by atoms with Gasteiger partial charge in [-0.05, 0) is 16.0 Å². The summed E-state index contributed by atoms with van der Waals surface area (Å²) in [4.78, 5) is 48.4. The third kappa shape index (κ3) is 5.45. The molecule has 2 aliphatic rings. The molecule has 1 saturated heterocycles. The predicted octanol–water partition coefficient (Wildman–Crippen LogP) is -0.217. The molecule has 0 spiro atoms. The number of rotatable bonds is 11. The second-order valence-corrected chi connectivity index (χ2v) is 10.3. The minimum absolute atomic E-state index is 0.0493. The van der Waals surface area contributed by atoms with Gasteiger partial charge in [-0.3, -0.25) is 14.5 Å². The number of aromatic nitrogens is 5. The van der Waals surface area contributed by atoms with E-state index in [1.807, 2.05) is 0 Å². The number of nitrogen functional groups attached to an aromatic ring is 1. The van der Waals surface area contributed by atoms with Crippen LogP contribution in [0.1, 0.15) is 5.69 Å². The molecule has 0 aliphatic carbocycles. The van der Waals surface area contributed by atoms with Crippen LogP contribution in [0.2, 0.25) is 0 Å². The normalized spacial score (nSPS) is 19.1. The van der Waals surface area contributed by atoms with E-state index in [2.05, 4.69) is 43.5 Å². The highest BCUT2D eigenvalue weighted by atomic mass is 32.2. The first kappa shape index (κ1) is 26.2. The van der Waals surface area contributed by atoms with E-state index in [0.717, 1.165) is 11.3 Å². The molecule has 2 aliphatic heterocycles. The van der Waals surface area contributed by atoms with Crippen LogP contribution in [-0.2, 0) is 25.8 Å². The van der Waals surface area contributed by atoms with Crippen molar-refractivity contribution in [2.75, 3.05) is 23.8 Å². The van der Waals surface area contributed by atoms with Gasteiger partial charge in [-0.2, -0.15) is 0 Å². The van der Waals surface area contributed by atoms with Gasteiger partial charge in [0.05, 0.1) is 0 Å². The van der Waals surface area contributed by atoms with Gasteiger partial charge in [0, 0.05) is 16.9 Å². The molecule has 4 heterocycles. The van der Waals surface area contributed by atoms with Crippen molar-refractivity contribution in [3.05, 3.63) is 35.0 Å². The van der Waals surface area contributed by atoms with Gasteiger partial charge in [-0.15, -0.1) is 34.6 Å². The van der Waals surface area contributed by atoms with E-state index in [-0.39, 0.29) is 41.1 Å². The summed E-state index contributed by atoms with van der Waals surface area (Å²) in [5, 5.41) is 29.1. The third-order valence-corrected chi connectivity index (χ3v) is 8.04. The molecule has 0 bridgehead atoms. The fraction of sp³-hybridized carbons (Fsp3) is 0.300. The van der Waals surface area contributed by atoms with E-state index in [1.165, 1.54) is 44.6 Å². The highest BCUT2D eigenvalue weighted by Gasteiger charge is 2.54. The molecular weight excluding hydrogens is 542 g/mol. The van der Waals surface area contributed by atoms with Crippen molar-refractivity contribution in [2.45, 2.75) is 23.1 Å². The molecule has 192 valence electrons. The maximum atomic E-state index is 13.0. The number of anilines is 1. The monoisotopic (exact) mass is 561 g/mol. The van der Waals surface area contributed by atoms with Crippen LogP contribution in [-0.4, -0.2) is 88.2 Å². The molecular formula is C20H19N9O5S3. The summed E-state index contributed by atoms with van der Waals surface area (Å²) in [6, 6.07) is -0.968. The summed E-state index contributed by atoms with van der Waals surface area (Å²) in [5.74, 6) is 0.461. The number of thioether (sulfide) groups is 2. The fourth-order valence-electron chi connectivity index (χ4n) is 3.40. The molecule has 0 saturated carbocycles. The van der Waals surface area contributed by atoms with Crippen LogP contribution in [0.5, 0.6) is 0 Å². The number of β-lactam (4-membered cyclic amide) rings is 1. The minimum atomic E-state index is -1.25. The maximum Gasteiger partial charge on any atom is 0.352 e. The Hall–Kier alpha value is -3.88. The number of amides is 2. The zero-order chi connectivity index (χ0) is 26.5. The zero-order valence-corrected chi connectivity index (χ0v) is 21.4. The number of carbonyl (C=O) groups is 3. The molecule has 2 amide bonds. The highest BCUT2D eigenvalue weighted by Crippen LogP contribution is 2.41. The number of carbonyl (C=O) groups excluding carboxylic acids is 2. The average Bonchev–Trinajstić information content (AvgIpc) is 3.51. The largest absolute Gasteiger partial charge is 0.477 e. The number of carboxylic acid groups (broad SMARTS) is 1. The first-order chi connectivity index (χ1) is 17.8. The lowest BCUT2D eigenvalue weighted by molar-refractivity contribution is -0.150. The number of hydrogen-bond donors (Lipinski definition) is 3. The van der Waals surface area contributed by atoms with Gasteiger partial charge in [-0.25, -0.2) is 14.5 Å². The number of aliphatic carboxylic acids is 1. The van der Waals surface area contributed by atoms with E-state index >= 15 is 0 Å². The lowest BCUT2D eigenvalue weighted by atomic mass is 10.0. The van der Waals surface area contributed by atoms with E-state index in [9.17, 15) is 19.5 Å². The van der Waals surface area contributed by atoms with Gasteiger partial charge in [0.2, 0.25) is 5.16 Å². The Bertz CT molecular complexity index is 1340. The number of terminal acetylenes is 1. The van der Waals surface area contributed by atoms with Crippen LogP contribution < -0.4 is 11.1 Å². The number of hydrogen-bond acceptors (Lipinski definition) is 13. The number of fused-ring (bicyclic) bond motifs is 1. The van der Waals surface area contributed by atoms with Crippen LogP contribution in [0, 0.1) is 12.3 Å². The number of nitrogens with two attached hydrogens (primary N) is 1. The molecule has 37 heavy (non-hydrogen) atoms. The predicted molar refractivity (Wildman–Crippen MR) is 136 cm³/mol. The zero-order valence-electron chi connectivity index (χ0n) is 18.9. The first-order valence-electron chi connectivity index (χ1n) is 10.4. The van der Waals surface area contributed by atoms with E-state index in [1.54, 1.807) is 0 Å². The molecule has 2 aromatic rings. The van der Waals surface area contributed by atoms with Crippen LogP contribution >= 0.6 is 34.9 Å². The lowest BCUT2D eigenvalue weighted by Gasteiger charge is -2.49. The summed E-state index contributed by atoms with van der Waals surface area (Å²) in [5.41, 5.74) is 6.08. The Morgan fingerprint density at radius 2 is 2.32 bits per heavy atom. The molecule has 17 heteroatoms. The van der Waals surface area contributed by atoms with Gasteiger partial charge in [0.1, 0.15) is 36.0 Å². The Morgan fingerprint density at radius 1 is 1.51 bits per heavy atom. The van der Waals surface area contributed by atoms with Crippen molar-refractivity contribution in [3.63, 3.8) is 0 Å². The number of carboxylic acids is 1. The first-order valence-corrected chi connectivity index (χ1v) is 13.3. The van der Waals surface area contributed by atoms with Gasteiger partial charge in [-0.1, -0.05) is 35.5 Å². The highest BCUT2D eigenvalue weighted by molar-refractivity contribution is 8.01. The van der Waals surface area contributed by atoms with Gasteiger partial charge < -0.3 is 21.0 Å². The van der Waals surface area contributed by atoms with E-state index < -0.39 is 29.2 Å². The second-order valence-electron chi connectivity index (χ2n) is 7.33. The number of nitrogens with zero attached hydrogens (tertiary/aromatic N) is 7.